The van der Waals surface area contributed by atoms with Crippen LogP contribution in [0.25, 0.3) is 22.3 Å². The highest BCUT2D eigenvalue weighted by Crippen LogP contribution is 2.27. The molecule has 5 nitrogen and oxygen atoms in total. The van der Waals surface area contributed by atoms with Crippen LogP contribution >= 0.6 is 0 Å². The second kappa shape index (κ2) is 4.86. The molecule has 0 bridgehead atoms. The molecule has 0 aliphatic carbocycles. The summed E-state index contributed by atoms with van der Waals surface area (Å²) < 4.78 is 27.7. The maximum absolute atomic E-state index is 13.8. The zero-order chi connectivity index (χ0) is 15.0. The topological polar surface area (TPSA) is 76.0 Å². The fourth-order valence-electron chi connectivity index (χ4n) is 2.00. The molecule has 104 valence electrons. The summed E-state index contributed by atoms with van der Waals surface area (Å²) in [5, 5.41) is 8.85. The van der Waals surface area contributed by atoms with Gasteiger partial charge in [-0.2, -0.15) is 0 Å². The molecular formula is C14H7F2N3O2. The first-order valence-corrected chi connectivity index (χ1v) is 5.86. The van der Waals surface area contributed by atoms with Crippen LogP contribution in [-0.2, 0) is 0 Å². The van der Waals surface area contributed by atoms with Gasteiger partial charge in [-0.05, 0) is 18.2 Å². The lowest BCUT2D eigenvalue weighted by Crippen LogP contribution is -2.03. The molecule has 0 aliphatic rings. The summed E-state index contributed by atoms with van der Waals surface area (Å²) in [6.45, 7) is 0. The van der Waals surface area contributed by atoms with E-state index in [-0.39, 0.29) is 27.9 Å². The van der Waals surface area contributed by atoms with E-state index in [1.807, 2.05) is 0 Å². The van der Waals surface area contributed by atoms with E-state index in [1.54, 1.807) is 0 Å². The van der Waals surface area contributed by atoms with Crippen molar-refractivity contribution in [2.45, 2.75) is 0 Å². The number of carboxylic acids is 1. The number of hydrogen-bond donors (Lipinski definition) is 1. The average molecular weight is 287 g/mol. The van der Waals surface area contributed by atoms with Gasteiger partial charge in [0.25, 0.3) is 0 Å². The SMILES string of the molecule is O=C(O)c1cc(-c2cnccn2)nc2c(F)ccc(F)c12. The van der Waals surface area contributed by atoms with Crippen LogP contribution < -0.4 is 0 Å². The first kappa shape index (κ1) is 13.0. The van der Waals surface area contributed by atoms with Crippen molar-refractivity contribution in [1.29, 1.82) is 0 Å². The number of nitrogens with zero attached hydrogens (tertiary/aromatic N) is 3. The molecule has 0 saturated carbocycles. The Morgan fingerprint density at radius 2 is 1.86 bits per heavy atom. The van der Waals surface area contributed by atoms with Gasteiger partial charge >= 0.3 is 5.97 Å². The van der Waals surface area contributed by atoms with Crippen LogP contribution in [-0.4, -0.2) is 26.0 Å². The Bertz CT molecular complexity index is 854. The van der Waals surface area contributed by atoms with Gasteiger partial charge < -0.3 is 5.11 Å². The summed E-state index contributed by atoms with van der Waals surface area (Å²) in [7, 11) is 0. The number of halogens is 2. The van der Waals surface area contributed by atoms with E-state index in [0.717, 1.165) is 18.2 Å². The van der Waals surface area contributed by atoms with Gasteiger partial charge in [0.15, 0.2) is 0 Å². The Kier molecular flexibility index (Phi) is 3.02. The van der Waals surface area contributed by atoms with Crippen molar-refractivity contribution in [2.24, 2.45) is 0 Å². The number of hydrogen-bond acceptors (Lipinski definition) is 4. The minimum atomic E-state index is -1.38. The molecule has 0 aliphatic heterocycles. The molecule has 1 aromatic carbocycles. The van der Waals surface area contributed by atoms with Crippen LogP contribution in [0.4, 0.5) is 8.78 Å². The molecule has 7 heteroatoms. The summed E-state index contributed by atoms with van der Waals surface area (Å²) >= 11 is 0. The van der Waals surface area contributed by atoms with Crippen LogP contribution in [0, 0.1) is 11.6 Å². The average Bonchev–Trinajstić information content (AvgIpc) is 2.51. The number of rotatable bonds is 2. The molecule has 3 aromatic rings. The third kappa shape index (κ3) is 2.18. The van der Waals surface area contributed by atoms with Crippen LogP contribution in [0.1, 0.15) is 10.4 Å². The maximum atomic E-state index is 13.8. The van der Waals surface area contributed by atoms with Crippen molar-refractivity contribution in [1.82, 2.24) is 15.0 Å². The third-order valence-electron chi connectivity index (χ3n) is 2.92. The molecular weight excluding hydrogens is 280 g/mol. The van der Waals surface area contributed by atoms with E-state index in [9.17, 15) is 18.7 Å². The normalized spacial score (nSPS) is 10.8. The van der Waals surface area contributed by atoms with E-state index >= 15 is 0 Å². The number of carboxylic acid groups (broad SMARTS) is 1. The number of fused-ring (bicyclic) bond motifs is 1. The van der Waals surface area contributed by atoms with Gasteiger partial charge in [-0.15, -0.1) is 0 Å². The molecule has 0 atom stereocenters. The van der Waals surface area contributed by atoms with Crippen LogP contribution in [0.15, 0.2) is 36.8 Å². The first-order chi connectivity index (χ1) is 10.1. The highest BCUT2D eigenvalue weighted by Gasteiger charge is 2.19. The van der Waals surface area contributed by atoms with Crippen molar-refractivity contribution < 1.29 is 18.7 Å². The largest absolute Gasteiger partial charge is 0.478 e. The zero-order valence-corrected chi connectivity index (χ0v) is 10.4. The van der Waals surface area contributed by atoms with Crippen LogP contribution in [0.3, 0.4) is 0 Å². The number of benzene rings is 1. The summed E-state index contributed by atoms with van der Waals surface area (Å²) in [5.41, 5.74) is -0.351. The fraction of sp³-hybridized carbons (Fsp3) is 0. The minimum absolute atomic E-state index is 0.109. The monoisotopic (exact) mass is 287 g/mol. The highest BCUT2D eigenvalue weighted by molar-refractivity contribution is 6.04. The van der Waals surface area contributed by atoms with Gasteiger partial charge in [-0.25, -0.2) is 18.6 Å². The Balaban J connectivity index is 2.41. The van der Waals surface area contributed by atoms with Crippen molar-refractivity contribution >= 4 is 16.9 Å². The summed E-state index contributed by atoms with van der Waals surface area (Å²) in [5.74, 6) is -3.03. The molecule has 21 heavy (non-hydrogen) atoms. The quantitative estimate of drug-likeness (QED) is 0.784. The molecule has 0 amide bonds. The number of carbonyl (C=O) groups is 1. The Labute approximate surface area is 116 Å². The van der Waals surface area contributed by atoms with Gasteiger partial charge in [0.1, 0.15) is 22.8 Å². The van der Waals surface area contributed by atoms with Crippen LogP contribution in [0.5, 0.6) is 0 Å². The first-order valence-electron chi connectivity index (χ1n) is 5.86. The maximum Gasteiger partial charge on any atom is 0.336 e. The lowest BCUT2D eigenvalue weighted by Gasteiger charge is -2.07. The summed E-state index contributed by atoms with van der Waals surface area (Å²) in [4.78, 5) is 23.1. The van der Waals surface area contributed by atoms with Gasteiger partial charge in [0.05, 0.1) is 22.8 Å². The molecule has 0 fully saturated rings. The van der Waals surface area contributed by atoms with E-state index in [1.165, 1.54) is 18.6 Å². The molecule has 0 spiro atoms. The van der Waals surface area contributed by atoms with Gasteiger partial charge in [0.2, 0.25) is 0 Å². The van der Waals surface area contributed by atoms with Gasteiger partial charge in [0, 0.05) is 12.4 Å². The summed E-state index contributed by atoms with van der Waals surface area (Å²) in [6.07, 6.45) is 4.18. The second-order valence-corrected chi connectivity index (χ2v) is 4.20. The molecule has 0 radical (unpaired) electrons. The predicted octanol–water partition coefficient (Wildman–Crippen LogP) is 2.67. The molecule has 2 aromatic heterocycles. The number of pyridine rings is 1. The van der Waals surface area contributed by atoms with Gasteiger partial charge in [-0.3, -0.25) is 9.97 Å². The van der Waals surface area contributed by atoms with E-state index in [0.29, 0.717) is 0 Å². The zero-order valence-electron chi connectivity index (χ0n) is 10.4. The number of aromatic carboxylic acids is 1. The van der Waals surface area contributed by atoms with E-state index in [2.05, 4.69) is 15.0 Å². The Hall–Kier alpha value is -2.96. The standard InChI is InChI=1S/C14H7F2N3O2/c15-8-1-2-9(16)13-12(8)7(14(20)21)5-10(19-13)11-6-17-3-4-18-11/h1-6H,(H,20,21). The van der Waals surface area contributed by atoms with Crippen LogP contribution in [0.2, 0.25) is 0 Å². The van der Waals surface area contributed by atoms with Crippen molar-refractivity contribution in [3.8, 4) is 11.4 Å². The lowest BCUT2D eigenvalue weighted by atomic mass is 10.1. The minimum Gasteiger partial charge on any atom is -0.478 e. The number of aromatic nitrogens is 3. The lowest BCUT2D eigenvalue weighted by molar-refractivity contribution is 0.0698. The van der Waals surface area contributed by atoms with Crippen molar-refractivity contribution in [3.63, 3.8) is 0 Å². The third-order valence-corrected chi connectivity index (χ3v) is 2.92. The Morgan fingerprint density at radius 3 is 2.52 bits per heavy atom. The van der Waals surface area contributed by atoms with Crippen molar-refractivity contribution in [2.75, 3.05) is 0 Å². The second-order valence-electron chi connectivity index (χ2n) is 4.20. The highest BCUT2D eigenvalue weighted by atomic mass is 19.1. The summed E-state index contributed by atoms with van der Waals surface area (Å²) in [6, 6.07) is 2.92. The molecule has 0 saturated heterocycles. The van der Waals surface area contributed by atoms with Gasteiger partial charge in [-0.1, -0.05) is 0 Å². The molecule has 0 unspecified atom stereocenters. The van der Waals surface area contributed by atoms with E-state index in [4.69, 9.17) is 0 Å². The smallest absolute Gasteiger partial charge is 0.336 e. The fourth-order valence-corrected chi connectivity index (χ4v) is 2.00. The molecule has 1 N–H and O–H groups in total. The Morgan fingerprint density at radius 1 is 1.10 bits per heavy atom. The van der Waals surface area contributed by atoms with Crippen molar-refractivity contribution in [3.05, 3.63) is 54.0 Å². The predicted molar refractivity (Wildman–Crippen MR) is 69.6 cm³/mol. The molecule has 2 heterocycles. The molecule has 3 rings (SSSR count). The van der Waals surface area contributed by atoms with E-state index < -0.39 is 17.6 Å².